The molecule has 1 fully saturated rings. The van der Waals surface area contributed by atoms with Crippen molar-refractivity contribution in [2.45, 2.75) is 17.7 Å². The van der Waals surface area contributed by atoms with Crippen molar-refractivity contribution in [2.24, 2.45) is 0 Å². The number of esters is 1. The molecule has 0 unspecified atom stereocenters. The highest BCUT2D eigenvalue weighted by atomic mass is 32.2. The molecule has 0 saturated carbocycles. The number of hydrogen-bond acceptors (Lipinski definition) is 6. The summed E-state index contributed by atoms with van der Waals surface area (Å²) in [5.74, 6) is -0.664. The maximum atomic E-state index is 12.7. The minimum atomic E-state index is -3.78. The van der Waals surface area contributed by atoms with E-state index in [1.54, 1.807) is 12.1 Å². The number of rotatable bonds is 5. The third-order valence-corrected chi connectivity index (χ3v) is 5.94. The lowest BCUT2D eigenvalue weighted by molar-refractivity contribution is -0.143. The molecule has 1 aromatic carbocycles. The lowest BCUT2D eigenvalue weighted by Gasteiger charge is -2.34. The summed E-state index contributed by atoms with van der Waals surface area (Å²) in [7, 11) is -2.53. The second-order valence-electron chi connectivity index (χ2n) is 5.47. The van der Waals surface area contributed by atoms with Gasteiger partial charge < -0.3 is 9.64 Å². The molecule has 0 aliphatic carbocycles. The van der Waals surface area contributed by atoms with Gasteiger partial charge in [-0.15, -0.1) is 0 Å². The van der Waals surface area contributed by atoms with Gasteiger partial charge in [0.25, 0.3) is 0 Å². The molecule has 0 bridgehead atoms. The van der Waals surface area contributed by atoms with Crippen LogP contribution in [-0.2, 0) is 24.3 Å². The van der Waals surface area contributed by atoms with Crippen LogP contribution >= 0.6 is 0 Å². The van der Waals surface area contributed by atoms with E-state index in [2.05, 4.69) is 4.74 Å². The zero-order chi connectivity index (χ0) is 18.4. The van der Waals surface area contributed by atoms with Gasteiger partial charge in [0, 0.05) is 32.6 Å². The number of methoxy groups -OCH3 is 1. The van der Waals surface area contributed by atoms with Crippen LogP contribution in [0.4, 0.5) is 0 Å². The summed E-state index contributed by atoms with van der Waals surface area (Å²) in [6, 6.07) is 7.93. The number of nitrogens with zero attached hydrogens (tertiary/aromatic N) is 3. The third-order valence-electron chi connectivity index (χ3n) is 3.99. The van der Waals surface area contributed by atoms with Gasteiger partial charge in [-0.05, 0) is 12.1 Å². The van der Waals surface area contributed by atoms with Crippen LogP contribution in [0.1, 0.15) is 18.4 Å². The summed E-state index contributed by atoms with van der Waals surface area (Å²) in [6.07, 6.45) is 0.0417. The van der Waals surface area contributed by atoms with Crippen molar-refractivity contribution < 1.29 is 22.7 Å². The summed E-state index contributed by atoms with van der Waals surface area (Å²) >= 11 is 0. The minimum Gasteiger partial charge on any atom is -0.469 e. The van der Waals surface area contributed by atoms with Crippen LogP contribution in [0.25, 0.3) is 0 Å². The van der Waals surface area contributed by atoms with E-state index < -0.39 is 16.0 Å². The Morgan fingerprint density at radius 1 is 1.16 bits per heavy atom. The van der Waals surface area contributed by atoms with E-state index >= 15 is 0 Å². The van der Waals surface area contributed by atoms with Gasteiger partial charge in [0.2, 0.25) is 15.9 Å². The Labute approximate surface area is 146 Å². The Kier molecular flexibility index (Phi) is 6.12. The van der Waals surface area contributed by atoms with E-state index in [0.717, 1.165) is 0 Å². The molecule has 0 spiro atoms. The number of carbonyl (C=O) groups is 2. The molecule has 25 heavy (non-hydrogen) atoms. The zero-order valence-corrected chi connectivity index (χ0v) is 14.7. The normalized spacial score (nSPS) is 15.4. The van der Waals surface area contributed by atoms with Gasteiger partial charge in [-0.3, -0.25) is 9.59 Å². The van der Waals surface area contributed by atoms with E-state index in [4.69, 9.17) is 5.26 Å². The fourth-order valence-corrected chi connectivity index (χ4v) is 4.13. The molecule has 9 heteroatoms. The van der Waals surface area contributed by atoms with Gasteiger partial charge in [0.15, 0.2) is 0 Å². The molecule has 0 N–H and O–H groups in total. The molecule has 1 aliphatic heterocycles. The Morgan fingerprint density at radius 3 is 2.40 bits per heavy atom. The largest absolute Gasteiger partial charge is 0.469 e. The molecule has 1 heterocycles. The summed E-state index contributed by atoms with van der Waals surface area (Å²) in [5, 5.41) is 9.10. The lowest BCUT2D eigenvalue weighted by Crippen LogP contribution is -2.50. The molecule has 134 valence electrons. The van der Waals surface area contributed by atoms with Gasteiger partial charge in [0.1, 0.15) is 6.07 Å². The zero-order valence-electron chi connectivity index (χ0n) is 13.8. The lowest BCUT2D eigenvalue weighted by atomic mass is 10.2. The number of sulfonamides is 1. The Balaban J connectivity index is 2.01. The third kappa shape index (κ3) is 4.35. The highest BCUT2D eigenvalue weighted by molar-refractivity contribution is 7.89. The molecule has 1 aromatic rings. The van der Waals surface area contributed by atoms with E-state index in [1.165, 1.54) is 28.4 Å². The number of benzene rings is 1. The van der Waals surface area contributed by atoms with Crippen LogP contribution in [0.2, 0.25) is 0 Å². The van der Waals surface area contributed by atoms with Gasteiger partial charge in [-0.2, -0.15) is 9.57 Å². The molecule has 1 saturated heterocycles. The Bertz CT molecular complexity index is 792. The fraction of sp³-hybridized carbons (Fsp3) is 0.438. The van der Waals surface area contributed by atoms with Crippen molar-refractivity contribution in [3.63, 3.8) is 0 Å². The topological polar surface area (TPSA) is 108 Å². The molecule has 0 aromatic heterocycles. The smallest absolute Gasteiger partial charge is 0.306 e. The van der Waals surface area contributed by atoms with Crippen molar-refractivity contribution in [2.75, 3.05) is 33.3 Å². The first kappa shape index (κ1) is 18.9. The van der Waals surface area contributed by atoms with E-state index in [1.807, 2.05) is 6.07 Å². The highest BCUT2D eigenvalue weighted by Gasteiger charge is 2.31. The van der Waals surface area contributed by atoms with Gasteiger partial charge in [0.05, 0.1) is 24.0 Å². The number of nitriles is 1. The van der Waals surface area contributed by atoms with E-state index in [-0.39, 0.29) is 55.4 Å². The summed E-state index contributed by atoms with van der Waals surface area (Å²) < 4.78 is 31.2. The molecule has 8 nitrogen and oxygen atoms in total. The van der Waals surface area contributed by atoms with Crippen LogP contribution in [-0.4, -0.2) is 62.8 Å². The average molecular weight is 365 g/mol. The molecule has 0 atom stereocenters. The first-order valence-corrected chi connectivity index (χ1v) is 9.18. The van der Waals surface area contributed by atoms with Crippen LogP contribution in [0.3, 0.4) is 0 Å². The van der Waals surface area contributed by atoms with Crippen molar-refractivity contribution in [3.05, 3.63) is 29.8 Å². The fourth-order valence-electron chi connectivity index (χ4n) is 2.57. The number of hydrogen-bond donors (Lipinski definition) is 0. The van der Waals surface area contributed by atoms with Gasteiger partial charge in [-0.25, -0.2) is 8.42 Å². The molecule has 1 aliphatic rings. The Morgan fingerprint density at radius 2 is 1.80 bits per heavy atom. The average Bonchev–Trinajstić information content (AvgIpc) is 2.65. The second-order valence-corrected chi connectivity index (χ2v) is 7.38. The van der Waals surface area contributed by atoms with Crippen molar-refractivity contribution >= 4 is 21.9 Å². The first-order chi connectivity index (χ1) is 11.9. The quantitative estimate of drug-likeness (QED) is 0.697. The highest BCUT2D eigenvalue weighted by Crippen LogP contribution is 2.21. The monoisotopic (exact) mass is 365 g/mol. The predicted octanol–water partition coefficient (Wildman–Crippen LogP) is 0.344. The predicted molar refractivity (Wildman–Crippen MR) is 87.7 cm³/mol. The molecule has 1 amide bonds. The van der Waals surface area contributed by atoms with E-state index in [0.29, 0.717) is 0 Å². The second kappa shape index (κ2) is 8.09. The molecular formula is C16H19N3O5S. The molecular weight excluding hydrogens is 346 g/mol. The summed E-state index contributed by atoms with van der Waals surface area (Å²) in [5.41, 5.74) is 0.0964. The number of piperazine rings is 1. The summed E-state index contributed by atoms with van der Waals surface area (Å²) in [6.45, 7) is 0.778. The van der Waals surface area contributed by atoms with Crippen molar-refractivity contribution in [1.29, 1.82) is 5.26 Å². The van der Waals surface area contributed by atoms with Crippen molar-refractivity contribution in [1.82, 2.24) is 9.21 Å². The minimum absolute atomic E-state index is 0.00336. The molecule has 2 rings (SSSR count). The number of ether oxygens (including phenoxy) is 1. The Hall–Kier alpha value is -2.44. The number of amides is 1. The number of carbonyl (C=O) groups excluding carboxylic acids is 2. The van der Waals surface area contributed by atoms with Crippen molar-refractivity contribution in [3.8, 4) is 6.07 Å². The van der Waals surface area contributed by atoms with Gasteiger partial charge in [-0.1, -0.05) is 12.1 Å². The standard InChI is InChI=1S/C16H19N3O5S/c1-24-16(21)7-6-15(20)18-8-10-19(11-9-18)25(22,23)14-5-3-2-4-13(14)12-17/h2-5H,6-11H2,1H3. The van der Waals surface area contributed by atoms with E-state index in [9.17, 15) is 18.0 Å². The maximum absolute atomic E-state index is 12.7. The van der Waals surface area contributed by atoms with Crippen LogP contribution < -0.4 is 0 Å². The van der Waals surface area contributed by atoms with Crippen LogP contribution in [0.15, 0.2) is 29.2 Å². The maximum Gasteiger partial charge on any atom is 0.306 e. The van der Waals surface area contributed by atoms with Crippen LogP contribution in [0, 0.1) is 11.3 Å². The van der Waals surface area contributed by atoms with Crippen LogP contribution in [0.5, 0.6) is 0 Å². The summed E-state index contributed by atoms with van der Waals surface area (Å²) in [4.78, 5) is 24.7. The SMILES string of the molecule is COC(=O)CCC(=O)N1CCN(S(=O)(=O)c2ccccc2C#N)CC1. The molecule has 0 radical (unpaired) electrons. The first-order valence-electron chi connectivity index (χ1n) is 7.74. The van der Waals surface area contributed by atoms with Gasteiger partial charge >= 0.3 is 5.97 Å².